The van der Waals surface area contributed by atoms with Gasteiger partial charge in [-0.2, -0.15) is 0 Å². The molecular formula is C9H11ClN4O. The van der Waals surface area contributed by atoms with Crippen molar-refractivity contribution in [3.8, 4) is 0 Å². The summed E-state index contributed by atoms with van der Waals surface area (Å²) in [5, 5.41) is 7.68. The van der Waals surface area contributed by atoms with Crippen LogP contribution in [-0.4, -0.2) is 19.7 Å². The Morgan fingerprint density at radius 3 is 2.87 bits per heavy atom. The van der Waals surface area contributed by atoms with E-state index in [1.54, 1.807) is 6.33 Å². The van der Waals surface area contributed by atoms with Gasteiger partial charge in [0.1, 0.15) is 17.9 Å². The van der Waals surface area contributed by atoms with Gasteiger partial charge in [0.25, 0.3) is 0 Å². The predicted octanol–water partition coefficient (Wildman–Crippen LogP) is 1.67. The van der Waals surface area contributed by atoms with Gasteiger partial charge >= 0.3 is 0 Å². The van der Waals surface area contributed by atoms with E-state index in [1.807, 2.05) is 18.4 Å². The first kappa shape index (κ1) is 10.2. The minimum absolute atomic E-state index is 0.339. The van der Waals surface area contributed by atoms with E-state index in [0.29, 0.717) is 18.3 Å². The van der Waals surface area contributed by atoms with Gasteiger partial charge in [0.2, 0.25) is 0 Å². The van der Waals surface area contributed by atoms with Crippen molar-refractivity contribution in [3.63, 3.8) is 0 Å². The van der Waals surface area contributed by atoms with E-state index in [0.717, 1.165) is 17.3 Å². The highest BCUT2D eigenvalue weighted by molar-refractivity contribution is 6.16. The topological polar surface area (TPSA) is 56.7 Å². The largest absolute Gasteiger partial charge is 0.444 e. The Kier molecular flexibility index (Phi) is 2.73. The fraction of sp³-hybridized carbons (Fsp3) is 0.444. The summed E-state index contributed by atoms with van der Waals surface area (Å²) >= 11 is 5.72. The SMILES string of the molecule is Cc1nc(C)c(Cn2cnnc2CCl)o1. The van der Waals surface area contributed by atoms with Crippen LogP contribution >= 0.6 is 11.6 Å². The molecule has 5 nitrogen and oxygen atoms in total. The number of aromatic nitrogens is 4. The van der Waals surface area contributed by atoms with E-state index in [9.17, 15) is 0 Å². The molecule has 2 aromatic heterocycles. The van der Waals surface area contributed by atoms with Crippen LogP contribution in [0.3, 0.4) is 0 Å². The molecule has 0 unspecified atom stereocenters. The van der Waals surface area contributed by atoms with E-state index >= 15 is 0 Å². The van der Waals surface area contributed by atoms with Crippen LogP contribution in [0.4, 0.5) is 0 Å². The standard InChI is InChI=1S/C9H11ClN4O/c1-6-8(15-7(2)12-6)4-14-5-11-13-9(14)3-10/h5H,3-4H2,1-2H3. The van der Waals surface area contributed by atoms with Gasteiger partial charge in [0, 0.05) is 6.92 Å². The number of nitrogens with zero attached hydrogens (tertiary/aromatic N) is 4. The van der Waals surface area contributed by atoms with E-state index < -0.39 is 0 Å². The molecule has 80 valence electrons. The van der Waals surface area contributed by atoms with Crippen molar-refractivity contribution in [1.82, 2.24) is 19.7 Å². The van der Waals surface area contributed by atoms with E-state index in [-0.39, 0.29) is 0 Å². The summed E-state index contributed by atoms with van der Waals surface area (Å²) in [6, 6.07) is 0. The van der Waals surface area contributed by atoms with Crippen LogP contribution in [-0.2, 0) is 12.4 Å². The molecule has 0 atom stereocenters. The third-order valence-corrected chi connectivity index (χ3v) is 2.37. The molecule has 0 aliphatic rings. The van der Waals surface area contributed by atoms with Crippen molar-refractivity contribution >= 4 is 11.6 Å². The summed E-state index contributed by atoms with van der Waals surface area (Å²) in [4.78, 5) is 4.19. The molecule has 0 aliphatic carbocycles. The summed E-state index contributed by atoms with van der Waals surface area (Å²) in [5.74, 6) is 2.55. The molecule has 0 fully saturated rings. The monoisotopic (exact) mass is 226 g/mol. The van der Waals surface area contributed by atoms with E-state index in [2.05, 4.69) is 15.2 Å². The minimum Gasteiger partial charge on any atom is -0.444 e. The molecule has 0 radical (unpaired) electrons. The van der Waals surface area contributed by atoms with Crippen LogP contribution in [0.5, 0.6) is 0 Å². The average molecular weight is 227 g/mol. The van der Waals surface area contributed by atoms with Crippen molar-refractivity contribution in [3.05, 3.63) is 29.5 Å². The first-order valence-corrected chi connectivity index (χ1v) is 5.09. The molecule has 2 rings (SSSR count). The zero-order chi connectivity index (χ0) is 10.8. The van der Waals surface area contributed by atoms with Gasteiger partial charge in [0.05, 0.1) is 18.1 Å². The average Bonchev–Trinajstić information content (AvgIpc) is 2.74. The van der Waals surface area contributed by atoms with Crippen LogP contribution in [0, 0.1) is 13.8 Å². The van der Waals surface area contributed by atoms with E-state index in [1.165, 1.54) is 0 Å². The lowest BCUT2D eigenvalue weighted by atomic mass is 10.3. The first-order valence-electron chi connectivity index (χ1n) is 4.56. The maximum Gasteiger partial charge on any atom is 0.191 e. The van der Waals surface area contributed by atoms with Crippen LogP contribution in [0.1, 0.15) is 23.2 Å². The number of halogens is 1. The summed E-state index contributed by atoms with van der Waals surface area (Å²) in [7, 11) is 0. The maximum absolute atomic E-state index is 5.72. The molecule has 0 bridgehead atoms. The molecule has 2 heterocycles. The van der Waals surface area contributed by atoms with Gasteiger partial charge in [-0.25, -0.2) is 4.98 Å². The van der Waals surface area contributed by atoms with Crippen LogP contribution in [0.15, 0.2) is 10.7 Å². The van der Waals surface area contributed by atoms with Gasteiger partial charge < -0.3 is 8.98 Å². The van der Waals surface area contributed by atoms with Crippen molar-refractivity contribution in [1.29, 1.82) is 0 Å². The van der Waals surface area contributed by atoms with Gasteiger partial charge in [0.15, 0.2) is 5.89 Å². The number of oxazole rings is 1. The van der Waals surface area contributed by atoms with Gasteiger partial charge in [-0.1, -0.05) is 0 Å². The lowest BCUT2D eigenvalue weighted by Gasteiger charge is -2.01. The Bertz CT molecular complexity index is 462. The summed E-state index contributed by atoms with van der Waals surface area (Å²) in [6.07, 6.45) is 1.63. The summed E-state index contributed by atoms with van der Waals surface area (Å²) < 4.78 is 7.30. The van der Waals surface area contributed by atoms with Crippen molar-refractivity contribution < 1.29 is 4.42 Å². The second-order valence-corrected chi connectivity index (χ2v) is 3.52. The molecule has 0 amide bonds. The second kappa shape index (κ2) is 4.02. The van der Waals surface area contributed by atoms with Crippen molar-refractivity contribution in [2.24, 2.45) is 0 Å². The molecular weight excluding hydrogens is 216 g/mol. The number of aryl methyl sites for hydroxylation is 2. The molecule has 0 saturated carbocycles. The smallest absolute Gasteiger partial charge is 0.191 e. The lowest BCUT2D eigenvalue weighted by molar-refractivity contribution is 0.459. The quantitative estimate of drug-likeness (QED) is 0.747. The molecule has 0 N–H and O–H groups in total. The van der Waals surface area contributed by atoms with Crippen LogP contribution in [0.2, 0.25) is 0 Å². The molecule has 0 saturated heterocycles. The Morgan fingerprint density at radius 2 is 2.27 bits per heavy atom. The fourth-order valence-corrected chi connectivity index (χ4v) is 1.60. The van der Waals surface area contributed by atoms with Crippen molar-refractivity contribution in [2.75, 3.05) is 0 Å². The summed E-state index contributed by atoms with van der Waals surface area (Å²) in [5.41, 5.74) is 0.890. The second-order valence-electron chi connectivity index (χ2n) is 3.25. The first-order chi connectivity index (χ1) is 7.20. The van der Waals surface area contributed by atoms with Crippen LogP contribution < -0.4 is 0 Å². The number of rotatable bonds is 3. The molecule has 0 aromatic carbocycles. The Balaban J connectivity index is 2.25. The summed E-state index contributed by atoms with van der Waals surface area (Å²) in [6.45, 7) is 4.31. The predicted molar refractivity (Wildman–Crippen MR) is 54.7 cm³/mol. The molecule has 0 spiro atoms. The third-order valence-electron chi connectivity index (χ3n) is 2.13. The minimum atomic E-state index is 0.339. The zero-order valence-electron chi connectivity index (χ0n) is 8.57. The fourth-order valence-electron chi connectivity index (χ4n) is 1.39. The Morgan fingerprint density at radius 1 is 1.47 bits per heavy atom. The lowest BCUT2D eigenvalue weighted by Crippen LogP contribution is -2.02. The molecule has 6 heteroatoms. The maximum atomic E-state index is 5.72. The molecule has 2 aromatic rings. The zero-order valence-corrected chi connectivity index (χ0v) is 9.32. The highest BCUT2D eigenvalue weighted by Gasteiger charge is 2.10. The third kappa shape index (κ3) is 2.02. The Labute approximate surface area is 92.1 Å². The van der Waals surface area contributed by atoms with Crippen molar-refractivity contribution in [2.45, 2.75) is 26.3 Å². The Hall–Kier alpha value is -1.36. The molecule has 0 aliphatic heterocycles. The van der Waals surface area contributed by atoms with Gasteiger partial charge in [-0.3, -0.25) is 0 Å². The van der Waals surface area contributed by atoms with Crippen LogP contribution in [0.25, 0.3) is 0 Å². The van der Waals surface area contributed by atoms with Gasteiger partial charge in [-0.15, -0.1) is 21.8 Å². The van der Waals surface area contributed by atoms with E-state index in [4.69, 9.17) is 16.0 Å². The number of hydrogen-bond donors (Lipinski definition) is 0. The normalized spacial score (nSPS) is 10.9. The highest BCUT2D eigenvalue weighted by atomic mass is 35.5. The number of alkyl halides is 1. The number of hydrogen-bond acceptors (Lipinski definition) is 4. The molecule has 15 heavy (non-hydrogen) atoms. The highest BCUT2D eigenvalue weighted by Crippen LogP contribution is 2.12. The van der Waals surface area contributed by atoms with Gasteiger partial charge in [-0.05, 0) is 6.92 Å².